The van der Waals surface area contributed by atoms with Crippen LogP contribution in [0.25, 0.3) is 0 Å². The van der Waals surface area contributed by atoms with Crippen molar-refractivity contribution in [3.63, 3.8) is 0 Å². The summed E-state index contributed by atoms with van der Waals surface area (Å²) in [6.07, 6.45) is 1.47. The maximum Gasteiger partial charge on any atom is 0.305 e. The van der Waals surface area contributed by atoms with Crippen molar-refractivity contribution in [3.05, 3.63) is 11.7 Å². The van der Waals surface area contributed by atoms with Crippen LogP contribution < -0.4 is 0 Å². The number of aromatic nitrogens is 2. The van der Waals surface area contributed by atoms with Crippen LogP contribution in [0.1, 0.15) is 44.8 Å². The van der Waals surface area contributed by atoms with Gasteiger partial charge in [0.15, 0.2) is 5.82 Å². The van der Waals surface area contributed by atoms with Crippen LogP contribution >= 0.6 is 0 Å². The molecule has 0 saturated carbocycles. The van der Waals surface area contributed by atoms with Gasteiger partial charge in [-0.1, -0.05) is 5.16 Å². The van der Waals surface area contributed by atoms with Gasteiger partial charge in [-0.3, -0.25) is 9.59 Å². The summed E-state index contributed by atoms with van der Waals surface area (Å²) in [5.74, 6) is 0.163. The Labute approximate surface area is 118 Å². The van der Waals surface area contributed by atoms with Gasteiger partial charge in [0.05, 0.1) is 6.42 Å². The summed E-state index contributed by atoms with van der Waals surface area (Å²) in [5, 5.41) is 12.4. The second-order valence-electron chi connectivity index (χ2n) is 4.91. The highest BCUT2D eigenvalue weighted by Crippen LogP contribution is 2.08. The molecule has 0 aliphatic heterocycles. The third kappa shape index (κ3) is 5.38. The normalized spacial score (nSPS) is 10.8. The molecular formula is C13H21N3O4. The van der Waals surface area contributed by atoms with E-state index in [2.05, 4.69) is 10.1 Å². The van der Waals surface area contributed by atoms with E-state index in [9.17, 15) is 9.59 Å². The van der Waals surface area contributed by atoms with Gasteiger partial charge in [-0.2, -0.15) is 4.98 Å². The number of carbonyl (C=O) groups is 2. The Morgan fingerprint density at radius 2 is 2.05 bits per heavy atom. The fourth-order valence-corrected chi connectivity index (χ4v) is 1.86. The zero-order chi connectivity index (χ0) is 15.1. The Balaban J connectivity index is 2.39. The monoisotopic (exact) mass is 283 g/mol. The fourth-order valence-electron chi connectivity index (χ4n) is 1.86. The van der Waals surface area contributed by atoms with Crippen LogP contribution in [0.15, 0.2) is 4.52 Å². The molecule has 1 aromatic rings. The number of nitrogens with zero attached hydrogens (tertiary/aromatic N) is 3. The minimum absolute atomic E-state index is 0.00695. The summed E-state index contributed by atoms with van der Waals surface area (Å²) in [5.41, 5.74) is 0. The molecule has 0 bridgehead atoms. The highest BCUT2D eigenvalue weighted by Gasteiger charge is 2.17. The molecule has 0 spiro atoms. The summed E-state index contributed by atoms with van der Waals surface area (Å²) in [6, 6.07) is -0.00695. The third-order valence-corrected chi connectivity index (χ3v) is 2.86. The first-order valence-corrected chi connectivity index (χ1v) is 6.70. The van der Waals surface area contributed by atoms with Gasteiger partial charge >= 0.3 is 5.97 Å². The standard InChI is InChI=1S/C13H21N3O4/c1-9(2)16(8-7-13(18)19)12(17)6-4-5-11-14-10(3)15-20-11/h9H,4-8H2,1-3H3,(H,18,19). The average Bonchev–Trinajstić information content (AvgIpc) is 2.74. The molecule has 0 radical (unpaired) electrons. The first kappa shape index (κ1) is 16.1. The average molecular weight is 283 g/mol. The second-order valence-corrected chi connectivity index (χ2v) is 4.91. The molecule has 0 aliphatic rings. The van der Waals surface area contributed by atoms with Gasteiger partial charge in [-0.25, -0.2) is 0 Å². The van der Waals surface area contributed by atoms with E-state index in [-0.39, 0.29) is 24.9 Å². The van der Waals surface area contributed by atoms with Gasteiger partial charge in [0.1, 0.15) is 0 Å². The van der Waals surface area contributed by atoms with Crippen LogP contribution in [-0.4, -0.2) is 44.6 Å². The molecule has 0 fully saturated rings. The molecule has 1 amide bonds. The zero-order valence-corrected chi connectivity index (χ0v) is 12.1. The predicted octanol–water partition coefficient (Wildman–Crippen LogP) is 1.41. The van der Waals surface area contributed by atoms with E-state index < -0.39 is 5.97 Å². The van der Waals surface area contributed by atoms with Crippen molar-refractivity contribution in [3.8, 4) is 0 Å². The molecule has 0 aromatic carbocycles. The molecule has 7 nitrogen and oxygen atoms in total. The van der Waals surface area contributed by atoms with Gasteiger partial charge in [-0.15, -0.1) is 0 Å². The molecule has 20 heavy (non-hydrogen) atoms. The smallest absolute Gasteiger partial charge is 0.305 e. The van der Waals surface area contributed by atoms with Gasteiger partial charge in [0.25, 0.3) is 0 Å². The molecule has 0 atom stereocenters. The van der Waals surface area contributed by atoms with Crippen LogP contribution in [0.3, 0.4) is 0 Å². The summed E-state index contributed by atoms with van der Waals surface area (Å²) in [7, 11) is 0. The highest BCUT2D eigenvalue weighted by atomic mass is 16.5. The molecule has 0 aliphatic carbocycles. The number of carbonyl (C=O) groups excluding carboxylic acids is 1. The Hall–Kier alpha value is -1.92. The van der Waals surface area contributed by atoms with Crippen LogP contribution in [0, 0.1) is 6.92 Å². The fraction of sp³-hybridized carbons (Fsp3) is 0.692. The quantitative estimate of drug-likeness (QED) is 0.775. The van der Waals surface area contributed by atoms with Gasteiger partial charge in [-0.05, 0) is 27.2 Å². The topological polar surface area (TPSA) is 96.5 Å². The Kier molecular flexibility index (Phi) is 6.14. The lowest BCUT2D eigenvalue weighted by molar-refractivity contribution is -0.139. The number of hydrogen-bond acceptors (Lipinski definition) is 5. The molecule has 1 N–H and O–H groups in total. The highest BCUT2D eigenvalue weighted by molar-refractivity contribution is 5.77. The van der Waals surface area contributed by atoms with E-state index in [1.807, 2.05) is 13.8 Å². The van der Waals surface area contributed by atoms with Crippen molar-refractivity contribution >= 4 is 11.9 Å². The minimum Gasteiger partial charge on any atom is -0.481 e. The number of amides is 1. The molecule has 1 heterocycles. The van der Waals surface area contributed by atoms with E-state index >= 15 is 0 Å². The number of carboxylic acid groups (broad SMARTS) is 1. The van der Waals surface area contributed by atoms with E-state index in [4.69, 9.17) is 9.63 Å². The minimum atomic E-state index is -0.898. The van der Waals surface area contributed by atoms with Crippen LogP contribution in [0.5, 0.6) is 0 Å². The van der Waals surface area contributed by atoms with Crippen molar-refractivity contribution in [2.75, 3.05) is 6.54 Å². The van der Waals surface area contributed by atoms with E-state index in [1.165, 1.54) is 0 Å². The summed E-state index contributed by atoms with van der Waals surface area (Å²) in [6.45, 7) is 5.73. The molecule has 1 rings (SSSR count). The SMILES string of the molecule is Cc1noc(CCCC(=O)N(CCC(=O)O)C(C)C)n1. The number of carboxylic acids is 1. The number of aryl methyl sites for hydroxylation is 2. The van der Waals surface area contributed by atoms with Crippen molar-refractivity contribution in [1.82, 2.24) is 15.0 Å². The maximum absolute atomic E-state index is 12.1. The first-order chi connectivity index (χ1) is 9.40. The van der Waals surface area contributed by atoms with Crippen molar-refractivity contribution in [2.24, 2.45) is 0 Å². The molecule has 112 valence electrons. The zero-order valence-electron chi connectivity index (χ0n) is 12.1. The third-order valence-electron chi connectivity index (χ3n) is 2.86. The molecular weight excluding hydrogens is 262 g/mol. The van der Waals surface area contributed by atoms with Crippen molar-refractivity contribution in [2.45, 2.75) is 52.5 Å². The number of rotatable bonds is 8. The lowest BCUT2D eigenvalue weighted by atomic mass is 10.2. The van der Waals surface area contributed by atoms with E-state index in [0.29, 0.717) is 31.0 Å². The van der Waals surface area contributed by atoms with E-state index in [1.54, 1.807) is 11.8 Å². The predicted molar refractivity (Wildman–Crippen MR) is 71.1 cm³/mol. The van der Waals surface area contributed by atoms with Crippen molar-refractivity contribution in [1.29, 1.82) is 0 Å². The van der Waals surface area contributed by atoms with Crippen molar-refractivity contribution < 1.29 is 19.2 Å². The Bertz CT molecular complexity index is 456. The van der Waals surface area contributed by atoms with Crippen LogP contribution in [0.2, 0.25) is 0 Å². The van der Waals surface area contributed by atoms with Gasteiger partial charge in [0.2, 0.25) is 11.8 Å². The number of aliphatic carboxylic acids is 1. The summed E-state index contributed by atoms with van der Waals surface area (Å²) < 4.78 is 4.97. The van der Waals surface area contributed by atoms with Crippen LogP contribution in [-0.2, 0) is 16.0 Å². The second kappa shape index (κ2) is 7.62. The molecule has 1 aromatic heterocycles. The lowest BCUT2D eigenvalue weighted by Gasteiger charge is -2.26. The van der Waals surface area contributed by atoms with Crippen LogP contribution in [0.4, 0.5) is 0 Å². The maximum atomic E-state index is 12.1. The lowest BCUT2D eigenvalue weighted by Crippen LogP contribution is -2.38. The van der Waals surface area contributed by atoms with Gasteiger partial charge < -0.3 is 14.5 Å². The first-order valence-electron chi connectivity index (χ1n) is 6.70. The summed E-state index contributed by atoms with van der Waals surface area (Å²) in [4.78, 5) is 28.3. The Morgan fingerprint density at radius 1 is 1.35 bits per heavy atom. The largest absolute Gasteiger partial charge is 0.481 e. The summed E-state index contributed by atoms with van der Waals surface area (Å²) >= 11 is 0. The van der Waals surface area contributed by atoms with E-state index in [0.717, 1.165) is 0 Å². The molecule has 0 unspecified atom stereocenters. The number of hydrogen-bond donors (Lipinski definition) is 1. The molecule has 7 heteroatoms. The van der Waals surface area contributed by atoms with Gasteiger partial charge in [0, 0.05) is 25.4 Å². The molecule has 0 saturated heterocycles. The Morgan fingerprint density at radius 3 is 2.55 bits per heavy atom.